The average Bonchev–Trinajstić information content (AvgIpc) is 2.54. The molecule has 5 nitrogen and oxygen atoms in total. The molecule has 2 heterocycles. The van der Waals surface area contributed by atoms with Gasteiger partial charge in [-0.1, -0.05) is 18.3 Å². The van der Waals surface area contributed by atoms with Crippen LogP contribution in [-0.4, -0.2) is 19.2 Å². The van der Waals surface area contributed by atoms with Crippen molar-refractivity contribution in [2.45, 2.75) is 13.0 Å². The van der Waals surface area contributed by atoms with Crippen molar-refractivity contribution >= 4 is 22.9 Å². The van der Waals surface area contributed by atoms with E-state index in [1.807, 2.05) is 6.07 Å². The van der Waals surface area contributed by atoms with Crippen LogP contribution >= 0.6 is 12.2 Å². The molecule has 0 aliphatic heterocycles. The molecule has 0 atom stereocenters. The summed E-state index contributed by atoms with van der Waals surface area (Å²) in [5, 5.41) is 4.14. The third-order valence-electron chi connectivity index (χ3n) is 2.06. The highest BCUT2D eigenvalue weighted by atomic mass is 32.1. The Kier molecular flexibility index (Phi) is 2.51. The zero-order chi connectivity index (χ0) is 10.8. The Balaban J connectivity index is 2.40. The number of thiocarbonyl (C=S) groups is 1. The average molecular weight is 222 g/mol. The van der Waals surface area contributed by atoms with Crippen LogP contribution in [0.15, 0.2) is 29.2 Å². The van der Waals surface area contributed by atoms with Gasteiger partial charge in [0.15, 0.2) is 5.65 Å². The van der Waals surface area contributed by atoms with Crippen LogP contribution < -0.4 is 11.4 Å². The zero-order valence-corrected chi connectivity index (χ0v) is 8.78. The maximum Gasteiger partial charge on any atom is 0.350 e. The second-order valence-corrected chi connectivity index (χ2v) is 3.68. The van der Waals surface area contributed by atoms with Gasteiger partial charge in [0.1, 0.15) is 0 Å². The van der Waals surface area contributed by atoms with E-state index in [9.17, 15) is 4.79 Å². The van der Waals surface area contributed by atoms with E-state index in [4.69, 9.17) is 18.0 Å². The highest BCUT2D eigenvalue weighted by Gasteiger charge is 2.05. The minimum atomic E-state index is -0.165. The molecule has 0 amide bonds. The summed E-state index contributed by atoms with van der Waals surface area (Å²) in [6.07, 6.45) is 2.17. The zero-order valence-electron chi connectivity index (χ0n) is 7.96. The second kappa shape index (κ2) is 3.82. The van der Waals surface area contributed by atoms with Crippen molar-refractivity contribution in [3.63, 3.8) is 0 Å². The summed E-state index contributed by atoms with van der Waals surface area (Å²) >= 11 is 4.75. The summed E-state index contributed by atoms with van der Waals surface area (Å²) in [5.74, 6) is 0. The van der Waals surface area contributed by atoms with Crippen molar-refractivity contribution in [1.82, 2.24) is 14.2 Å². The van der Waals surface area contributed by atoms with E-state index in [-0.39, 0.29) is 5.69 Å². The van der Waals surface area contributed by atoms with Gasteiger partial charge in [-0.05, 0) is 12.1 Å². The highest BCUT2D eigenvalue weighted by molar-refractivity contribution is 7.80. The van der Waals surface area contributed by atoms with Crippen molar-refractivity contribution in [3.05, 3.63) is 34.9 Å². The molecule has 0 saturated carbocycles. The minimum Gasteiger partial charge on any atom is -0.393 e. The second-order valence-electron chi connectivity index (χ2n) is 3.15. The number of hydrogen-bond acceptors (Lipinski definition) is 3. The Labute approximate surface area is 91.1 Å². The standard InChI is InChI=1S/C9H10N4OS/c10-7(15)4-6-13-9(14)12-5-2-1-3-8(12)11-13/h1-3,5H,4,6H2,(H2,10,15). The fourth-order valence-corrected chi connectivity index (χ4v) is 1.42. The number of aromatic nitrogens is 3. The predicted molar refractivity (Wildman–Crippen MR) is 60.9 cm³/mol. The van der Waals surface area contributed by atoms with Gasteiger partial charge in [-0.2, -0.15) is 0 Å². The Hall–Kier alpha value is -1.69. The Bertz CT molecular complexity index is 556. The molecule has 0 unspecified atom stereocenters. The molecule has 0 saturated heterocycles. The first-order valence-electron chi connectivity index (χ1n) is 4.51. The largest absolute Gasteiger partial charge is 0.393 e. The van der Waals surface area contributed by atoms with Crippen molar-refractivity contribution in [1.29, 1.82) is 0 Å². The van der Waals surface area contributed by atoms with Crippen molar-refractivity contribution < 1.29 is 0 Å². The molecule has 2 N–H and O–H groups in total. The topological polar surface area (TPSA) is 65.3 Å². The van der Waals surface area contributed by atoms with E-state index in [0.717, 1.165) is 0 Å². The summed E-state index contributed by atoms with van der Waals surface area (Å²) in [6.45, 7) is 0.426. The molecule has 15 heavy (non-hydrogen) atoms. The fourth-order valence-electron chi connectivity index (χ4n) is 1.33. The van der Waals surface area contributed by atoms with Gasteiger partial charge in [-0.25, -0.2) is 9.48 Å². The van der Waals surface area contributed by atoms with Gasteiger partial charge in [-0.15, -0.1) is 5.10 Å². The molecule has 78 valence electrons. The number of rotatable bonds is 3. The van der Waals surface area contributed by atoms with Gasteiger partial charge < -0.3 is 5.73 Å². The lowest BCUT2D eigenvalue weighted by Gasteiger charge is -1.96. The van der Waals surface area contributed by atoms with Crippen LogP contribution in [0.2, 0.25) is 0 Å². The van der Waals surface area contributed by atoms with Gasteiger partial charge in [0.2, 0.25) is 0 Å². The Morgan fingerprint density at radius 2 is 2.33 bits per heavy atom. The molecule has 0 spiro atoms. The number of aryl methyl sites for hydroxylation is 1. The first kappa shape index (κ1) is 9.85. The highest BCUT2D eigenvalue weighted by Crippen LogP contribution is 1.95. The monoisotopic (exact) mass is 222 g/mol. The number of nitrogens with zero attached hydrogens (tertiary/aromatic N) is 3. The lowest BCUT2D eigenvalue weighted by Crippen LogP contribution is -2.23. The molecular weight excluding hydrogens is 212 g/mol. The summed E-state index contributed by atoms with van der Waals surface area (Å²) in [4.78, 5) is 12.1. The number of nitrogens with two attached hydrogens (primary N) is 1. The number of pyridine rings is 1. The fraction of sp³-hybridized carbons (Fsp3) is 0.222. The Morgan fingerprint density at radius 3 is 3.00 bits per heavy atom. The van der Waals surface area contributed by atoms with Crippen LogP contribution in [0.1, 0.15) is 6.42 Å². The van der Waals surface area contributed by atoms with Crippen molar-refractivity contribution in [2.24, 2.45) is 5.73 Å². The first-order valence-corrected chi connectivity index (χ1v) is 4.92. The van der Waals surface area contributed by atoms with Gasteiger partial charge in [-0.3, -0.25) is 4.40 Å². The van der Waals surface area contributed by atoms with Crippen LogP contribution in [0.3, 0.4) is 0 Å². The smallest absolute Gasteiger partial charge is 0.350 e. The SMILES string of the molecule is NC(=S)CCn1nc2ccccn2c1=O. The third-order valence-corrected chi connectivity index (χ3v) is 2.26. The minimum absolute atomic E-state index is 0.165. The summed E-state index contributed by atoms with van der Waals surface area (Å²) in [5.41, 5.74) is 5.83. The lowest BCUT2D eigenvalue weighted by atomic mass is 10.4. The van der Waals surface area contributed by atoms with Gasteiger partial charge >= 0.3 is 5.69 Å². The molecule has 2 aromatic rings. The molecule has 0 aliphatic carbocycles. The van der Waals surface area contributed by atoms with E-state index in [1.165, 1.54) is 9.08 Å². The maximum atomic E-state index is 11.7. The third kappa shape index (κ3) is 1.89. The predicted octanol–water partition coefficient (Wildman–Crippen LogP) is 0.172. The molecule has 2 aromatic heterocycles. The molecular formula is C9H10N4OS. The molecule has 0 fully saturated rings. The Morgan fingerprint density at radius 1 is 1.53 bits per heavy atom. The normalized spacial score (nSPS) is 10.7. The van der Waals surface area contributed by atoms with E-state index in [2.05, 4.69) is 5.10 Å². The van der Waals surface area contributed by atoms with Crippen LogP contribution in [0.5, 0.6) is 0 Å². The quantitative estimate of drug-likeness (QED) is 0.752. The van der Waals surface area contributed by atoms with E-state index in [1.54, 1.807) is 18.3 Å². The van der Waals surface area contributed by atoms with Gasteiger partial charge in [0, 0.05) is 12.6 Å². The van der Waals surface area contributed by atoms with Gasteiger partial charge in [0.25, 0.3) is 0 Å². The summed E-state index contributed by atoms with van der Waals surface area (Å²) < 4.78 is 2.86. The van der Waals surface area contributed by atoms with Crippen molar-refractivity contribution in [3.8, 4) is 0 Å². The molecule has 0 aromatic carbocycles. The van der Waals surface area contributed by atoms with E-state index in [0.29, 0.717) is 23.6 Å². The number of hydrogen-bond donors (Lipinski definition) is 1. The first-order chi connectivity index (χ1) is 7.18. The molecule has 6 heteroatoms. The van der Waals surface area contributed by atoms with Gasteiger partial charge in [0.05, 0.1) is 11.5 Å². The maximum absolute atomic E-state index is 11.7. The summed E-state index contributed by atoms with van der Waals surface area (Å²) in [6, 6.07) is 5.40. The molecule has 0 aliphatic rings. The van der Waals surface area contributed by atoms with Crippen LogP contribution in [0, 0.1) is 0 Å². The molecule has 0 bridgehead atoms. The van der Waals surface area contributed by atoms with E-state index < -0.39 is 0 Å². The van der Waals surface area contributed by atoms with E-state index >= 15 is 0 Å². The van der Waals surface area contributed by atoms with Crippen molar-refractivity contribution in [2.75, 3.05) is 0 Å². The summed E-state index contributed by atoms with van der Waals surface area (Å²) in [7, 11) is 0. The van der Waals surface area contributed by atoms with Crippen LogP contribution in [0.4, 0.5) is 0 Å². The molecule has 0 radical (unpaired) electrons. The van der Waals surface area contributed by atoms with Crippen LogP contribution in [-0.2, 0) is 6.54 Å². The molecule has 2 rings (SSSR count). The lowest BCUT2D eigenvalue weighted by molar-refractivity contribution is 0.611. The number of fused-ring (bicyclic) bond motifs is 1. The van der Waals surface area contributed by atoms with Crippen LogP contribution in [0.25, 0.3) is 5.65 Å².